The molecule has 0 bridgehead atoms. The predicted molar refractivity (Wildman–Crippen MR) is 75.6 cm³/mol. The van der Waals surface area contributed by atoms with E-state index in [-0.39, 0.29) is 6.42 Å². The van der Waals surface area contributed by atoms with Gasteiger partial charge in [0.05, 0.1) is 6.61 Å². The zero-order valence-corrected chi connectivity index (χ0v) is 11.3. The van der Waals surface area contributed by atoms with Crippen molar-refractivity contribution >= 4 is 17.8 Å². The van der Waals surface area contributed by atoms with Gasteiger partial charge in [-0.3, -0.25) is 4.79 Å². The maximum Gasteiger partial charge on any atom is 0.374 e. The minimum Gasteiger partial charge on any atom is -0.460 e. The first-order valence-corrected chi connectivity index (χ1v) is 6.65. The summed E-state index contributed by atoms with van der Waals surface area (Å²) in [6, 6.07) is 9.83. The van der Waals surface area contributed by atoms with Crippen molar-refractivity contribution in [2.45, 2.75) is 32.6 Å². The number of unbranched alkanes of at least 4 members (excludes halogenated alkanes) is 1. The third-order valence-electron chi connectivity index (χ3n) is 2.61. The Labute approximate surface area is 114 Å². The van der Waals surface area contributed by atoms with Gasteiger partial charge >= 0.3 is 5.97 Å². The van der Waals surface area contributed by atoms with E-state index in [4.69, 9.17) is 4.74 Å². The van der Waals surface area contributed by atoms with Crippen LogP contribution in [-0.4, -0.2) is 18.4 Å². The molecule has 0 fully saturated rings. The minimum atomic E-state index is -0.707. The Morgan fingerprint density at radius 1 is 1.21 bits per heavy atom. The van der Waals surface area contributed by atoms with Gasteiger partial charge in [-0.15, -0.1) is 0 Å². The van der Waals surface area contributed by atoms with Gasteiger partial charge < -0.3 is 4.74 Å². The number of benzene rings is 1. The molecule has 19 heavy (non-hydrogen) atoms. The number of carbonyl (C=O) groups excluding carboxylic acids is 2. The van der Waals surface area contributed by atoms with E-state index in [1.54, 1.807) is 0 Å². The SMILES string of the molecule is CCCCOC(=O)C(=O)CCC=Cc1ccccc1. The largest absolute Gasteiger partial charge is 0.460 e. The lowest BCUT2D eigenvalue weighted by atomic mass is 10.1. The molecule has 1 aromatic rings. The van der Waals surface area contributed by atoms with Gasteiger partial charge in [0.25, 0.3) is 0 Å². The quantitative estimate of drug-likeness (QED) is 0.409. The molecule has 0 amide bonds. The summed E-state index contributed by atoms with van der Waals surface area (Å²) in [4.78, 5) is 22.7. The topological polar surface area (TPSA) is 43.4 Å². The normalized spacial score (nSPS) is 10.6. The summed E-state index contributed by atoms with van der Waals surface area (Å²) in [5.41, 5.74) is 1.08. The van der Waals surface area contributed by atoms with Gasteiger partial charge in [0.1, 0.15) is 0 Å². The predicted octanol–water partition coefficient (Wildman–Crippen LogP) is 3.39. The highest BCUT2D eigenvalue weighted by atomic mass is 16.5. The molecule has 0 aliphatic carbocycles. The molecule has 0 aliphatic heterocycles. The van der Waals surface area contributed by atoms with Gasteiger partial charge in [-0.2, -0.15) is 0 Å². The van der Waals surface area contributed by atoms with Gasteiger partial charge in [-0.05, 0) is 18.4 Å². The standard InChI is InChI=1S/C16H20O3/c1-2-3-13-19-16(18)15(17)12-8-7-11-14-9-5-4-6-10-14/h4-7,9-11H,2-3,8,12-13H2,1H3. The zero-order valence-electron chi connectivity index (χ0n) is 11.3. The molecule has 102 valence electrons. The maximum absolute atomic E-state index is 11.4. The van der Waals surface area contributed by atoms with Crippen molar-refractivity contribution in [2.75, 3.05) is 6.61 Å². The third-order valence-corrected chi connectivity index (χ3v) is 2.61. The minimum absolute atomic E-state index is 0.203. The van der Waals surface area contributed by atoms with Crippen molar-refractivity contribution in [2.24, 2.45) is 0 Å². The number of hydrogen-bond donors (Lipinski definition) is 0. The summed E-state index contributed by atoms with van der Waals surface area (Å²) >= 11 is 0. The van der Waals surface area contributed by atoms with Crippen molar-refractivity contribution in [3.05, 3.63) is 42.0 Å². The van der Waals surface area contributed by atoms with Gasteiger partial charge in [-0.1, -0.05) is 55.8 Å². The van der Waals surface area contributed by atoms with Crippen LogP contribution in [0.4, 0.5) is 0 Å². The highest BCUT2D eigenvalue weighted by Gasteiger charge is 2.13. The molecular formula is C16H20O3. The van der Waals surface area contributed by atoms with Crippen LogP contribution < -0.4 is 0 Å². The van der Waals surface area contributed by atoms with E-state index < -0.39 is 11.8 Å². The first-order chi connectivity index (χ1) is 9.24. The highest BCUT2D eigenvalue weighted by molar-refractivity contribution is 6.33. The summed E-state index contributed by atoms with van der Waals surface area (Å²) < 4.78 is 4.85. The lowest BCUT2D eigenvalue weighted by Gasteiger charge is -2.01. The summed E-state index contributed by atoms with van der Waals surface area (Å²) in [7, 11) is 0. The molecule has 1 aromatic carbocycles. The smallest absolute Gasteiger partial charge is 0.374 e. The molecule has 0 unspecified atom stereocenters. The molecule has 0 saturated heterocycles. The van der Waals surface area contributed by atoms with Gasteiger partial charge in [0.2, 0.25) is 5.78 Å². The number of allylic oxidation sites excluding steroid dienone is 1. The molecule has 3 heteroatoms. The summed E-state index contributed by atoms with van der Waals surface area (Å²) in [6.45, 7) is 2.34. The number of esters is 1. The van der Waals surface area contributed by atoms with Crippen molar-refractivity contribution in [3.8, 4) is 0 Å². The Balaban J connectivity index is 2.23. The van der Waals surface area contributed by atoms with Gasteiger partial charge in [0.15, 0.2) is 0 Å². The van der Waals surface area contributed by atoms with Crippen molar-refractivity contribution in [3.63, 3.8) is 0 Å². The van der Waals surface area contributed by atoms with E-state index in [0.29, 0.717) is 13.0 Å². The van der Waals surface area contributed by atoms with E-state index in [0.717, 1.165) is 18.4 Å². The Bertz CT molecular complexity index is 421. The summed E-state index contributed by atoms with van der Waals surface area (Å²) in [6.07, 6.45) is 6.33. The Morgan fingerprint density at radius 2 is 1.95 bits per heavy atom. The molecule has 0 radical (unpaired) electrons. The fraction of sp³-hybridized carbons (Fsp3) is 0.375. The number of carbonyl (C=O) groups is 2. The molecule has 0 N–H and O–H groups in total. The van der Waals surface area contributed by atoms with Crippen LogP contribution in [0.2, 0.25) is 0 Å². The van der Waals surface area contributed by atoms with Crippen LogP contribution in [0, 0.1) is 0 Å². The Kier molecular flexibility index (Phi) is 7.25. The highest BCUT2D eigenvalue weighted by Crippen LogP contribution is 2.03. The first-order valence-electron chi connectivity index (χ1n) is 6.65. The molecule has 1 rings (SSSR count). The van der Waals surface area contributed by atoms with Crippen LogP contribution in [0.1, 0.15) is 38.2 Å². The van der Waals surface area contributed by atoms with Crippen LogP contribution in [-0.2, 0) is 14.3 Å². The molecule has 0 aromatic heterocycles. The maximum atomic E-state index is 11.4. The van der Waals surface area contributed by atoms with Crippen molar-refractivity contribution < 1.29 is 14.3 Å². The number of rotatable bonds is 8. The monoisotopic (exact) mass is 260 g/mol. The summed E-state index contributed by atoms with van der Waals surface area (Å²) in [5, 5.41) is 0. The second kappa shape index (κ2) is 9.09. The lowest BCUT2D eigenvalue weighted by molar-refractivity contribution is -0.153. The fourth-order valence-corrected chi connectivity index (χ4v) is 1.49. The molecule has 0 heterocycles. The fourth-order valence-electron chi connectivity index (χ4n) is 1.49. The van der Waals surface area contributed by atoms with Crippen LogP contribution in [0.5, 0.6) is 0 Å². The molecule has 3 nitrogen and oxygen atoms in total. The summed E-state index contributed by atoms with van der Waals surface area (Å²) in [5.74, 6) is -1.16. The van der Waals surface area contributed by atoms with Crippen LogP contribution in [0.3, 0.4) is 0 Å². The first kappa shape index (κ1) is 15.2. The second-order valence-electron chi connectivity index (χ2n) is 4.26. The van der Waals surface area contributed by atoms with Crippen LogP contribution in [0.25, 0.3) is 6.08 Å². The average Bonchev–Trinajstić information content (AvgIpc) is 2.44. The van der Waals surface area contributed by atoms with Crippen LogP contribution in [0.15, 0.2) is 36.4 Å². The molecule has 0 spiro atoms. The second-order valence-corrected chi connectivity index (χ2v) is 4.26. The van der Waals surface area contributed by atoms with Crippen molar-refractivity contribution in [1.82, 2.24) is 0 Å². The van der Waals surface area contributed by atoms with Gasteiger partial charge in [0, 0.05) is 6.42 Å². The molecule has 0 atom stereocenters. The number of ketones is 1. The van der Waals surface area contributed by atoms with Crippen molar-refractivity contribution in [1.29, 1.82) is 0 Å². The van der Waals surface area contributed by atoms with Gasteiger partial charge in [-0.25, -0.2) is 4.79 Å². The Morgan fingerprint density at radius 3 is 2.63 bits per heavy atom. The van der Waals surface area contributed by atoms with E-state index in [2.05, 4.69) is 0 Å². The number of hydrogen-bond acceptors (Lipinski definition) is 3. The lowest BCUT2D eigenvalue weighted by Crippen LogP contribution is -2.17. The van der Waals surface area contributed by atoms with E-state index >= 15 is 0 Å². The van der Waals surface area contributed by atoms with E-state index in [1.807, 2.05) is 49.4 Å². The average molecular weight is 260 g/mol. The molecular weight excluding hydrogens is 240 g/mol. The number of ether oxygens (including phenoxy) is 1. The number of Topliss-reactive ketones (excluding diaryl/α,β-unsaturated/α-hetero) is 1. The third kappa shape index (κ3) is 6.55. The van der Waals surface area contributed by atoms with E-state index in [9.17, 15) is 9.59 Å². The van der Waals surface area contributed by atoms with Crippen LogP contribution >= 0.6 is 0 Å². The Hall–Kier alpha value is -1.90. The zero-order chi connectivity index (χ0) is 13.9. The molecule has 0 aliphatic rings. The van der Waals surface area contributed by atoms with E-state index in [1.165, 1.54) is 0 Å². The molecule has 0 saturated carbocycles.